The zero-order valence-electron chi connectivity index (χ0n) is 15.3. The summed E-state index contributed by atoms with van der Waals surface area (Å²) in [5, 5.41) is 3.08. The third-order valence-corrected chi connectivity index (χ3v) is 4.45. The number of ketones is 1. The Morgan fingerprint density at radius 2 is 1.65 bits per heavy atom. The van der Waals surface area contributed by atoms with Crippen molar-refractivity contribution in [3.63, 3.8) is 0 Å². The van der Waals surface area contributed by atoms with E-state index in [2.05, 4.69) is 5.32 Å². The molecule has 0 saturated carbocycles. The Bertz CT molecular complexity index is 833. The predicted molar refractivity (Wildman–Crippen MR) is 103 cm³/mol. The zero-order valence-corrected chi connectivity index (χ0v) is 16.1. The van der Waals surface area contributed by atoms with Gasteiger partial charge in [-0.05, 0) is 37.1 Å². The number of rotatable bonds is 7. The Hall–Kier alpha value is -2.53. The van der Waals surface area contributed by atoms with Crippen molar-refractivity contribution < 1.29 is 19.1 Å². The molecule has 0 bridgehead atoms. The van der Waals surface area contributed by atoms with Crippen molar-refractivity contribution in [1.82, 2.24) is 0 Å². The molecule has 0 atom stereocenters. The van der Waals surface area contributed by atoms with E-state index in [9.17, 15) is 9.59 Å². The Kier molecular flexibility index (Phi) is 6.64. The van der Waals surface area contributed by atoms with Gasteiger partial charge in [-0.15, -0.1) is 0 Å². The fraction of sp³-hybridized carbons (Fsp3) is 0.300. The summed E-state index contributed by atoms with van der Waals surface area (Å²) < 4.78 is 10.4. The topological polar surface area (TPSA) is 64.6 Å². The fourth-order valence-corrected chi connectivity index (χ4v) is 2.70. The molecule has 26 heavy (non-hydrogen) atoms. The molecule has 6 heteroatoms. The lowest BCUT2D eigenvalue weighted by Crippen LogP contribution is -2.14. The minimum atomic E-state index is -0.290. The van der Waals surface area contributed by atoms with Gasteiger partial charge in [0.05, 0.1) is 24.9 Å². The number of halogens is 1. The highest BCUT2D eigenvalue weighted by Crippen LogP contribution is 2.35. The molecule has 0 aliphatic rings. The Morgan fingerprint density at radius 3 is 2.27 bits per heavy atom. The van der Waals surface area contributed by atoms with Gasteiger partial charge in [0.15, 0.2) is 5.78 Å². The van der Waals surface area contributed by atoms with Gasteiger partial charge in [0.1, 0.15) is 11.5 Å². The van der Waals surface area contributed by atoms with Crippen molar-refractivity contribution in [2.24, 2.45) is 0 Å². The van der Waals surface area contributed by atoms with Crippen molar-refractivity contribution in [2.75, 3.05) is 19.5 Å². The summed E-state index contributed by atoms with van der Waals surface area (Å²) >= 11 is 6.09. The van der Waals surface area contributed by atoms with Crippen molar-refractivity contribution in [3.05, 3.63) is 52.0 Å². The number of amides is 1. The van der Waals surface area contributed by atoms with Gasteiger partial charge in [-0.1, -0.05) is 23.7 Å². The van der Waals surface area contributed by atoms with E-state index in [0.29, 0.717) is 27.8 Å². The van der Waals surface area contributed by atoms with E-state index in [1.54, 1.807) is 18.2 Å². The first-order valence-corrected chi connectivity index (χ1v) is 8.55. The van der Waals surface area contributed by atoms with Crippen LogP contribution in [0.15, 0.2) is 30.3 Å². The van der Waals surface area contributed by atoms with E-state index in [1.165, 1.54) is 14.2 Å². The number of nitrogens with one attached hydrogen (secondary N) is 1. The molecule has 138 valence electrons. The molecule has 0 heterocycles. The van der Waals surface area contributed by atoms with Crippen LogP contribution in [0, 0.1) is 13.8 Å². The largest absolute Gasteiger partial charge is 0.495 e. The molecule has 1 N–H and O–H groups in total. The molecular formula is C20H22ClNO4. The van der Waals surface area contributed by atoms with Crippen molar-refractivity contribution in [3.8, 4) is 11.5 Å². The maximum Gasteiger partial charge on any atom is 0.224 e. The summed E-state index contributed by atoms with van der Waals surface area (Å²) in [7, 11) is 2.99. The van der Waals surface area contributed by atoms with Crippen molar-refractivity contribution >= 4 is 29.0 Å². The summed E-state index contributed by atoms with van der Waals surface area (Å²) in [6.07, 6.45) is 0.194. The van der Waals surface area contributed by atoms with Crippen LogP contribution < -0.4 is 14.8 Å². The lowest BCUT2D eigenvalue weighted by Gasteiger charge is -2.13. The Balaban J connectivity index is 2.01. The van der Waals surface area contributed by atoms with E-state index in [4.69, 9.17) is 21.1 Å². The summed E-state index contributed by atoms with van der Waals surface area (Å²) in [4.78, 5) is 24.5. The Morgan fingerprint density at radius 1 is 0.962 bits per heavy atom. The van der Waals surface area contributed by atoms with Crippen molar-refractivity contribution in [1.29, 1.82) is 0 Å². The normalized spacial score (nSPS) is 10.3. The average Bonchev–Trinajstić information content (AvgIpc) is 2.62. The number of methoxy groups -OCH3 is 2. The van der Waals surface area contributed by atoms with Gasteiger partial charge in [0.25, 0.3) is 0 Å². The number of anilines is 1. The first-order chi connectivity index (χ1) is 12.3. The van der Waals surface area contributed by atoms with Crippen LogP contribution in [0.3, 0.4) is 0 Å². The third kappa shape index (κ3) is 4.76. The van der Waals surface area contributed by atoms with Crippen LogP contribution in [0.4, 0.5) is 5.69 Å². The molecule has 2 aromatic rings. The molecule has 1 amide bonds. The SMILES string of the molecule is COc1cc(OC)c(NC(=O)CCC(=O)c2ccc(C)c(C)c2)cc1Cl. The maximum atomic E-state index is 12.3. The number of ether oxygens (including phenoxy) is 2. The van der Waals surface area contributed by atoms with Crippen LogP contribution in [-0.4, -0.2) is 25.9 Å². The fourth-order valence-electron chi connectivity index (χ4n) is 2.46. The number of hydrogen-bond acceptors (Lipinski definition) is 4. The number of carbonyl (C=O) groups excluding carboxylic acids is 2. The molecule has 0 aliphatic carbocycles. The molecule has 2 rings (SSSR count). The van der Waals surface area contributed by atoms with E-state index in [1.807, 2.05) is 26.0 Å². The van der Waals surface area contributed by atoms with E-state index < -0.39 is 0 Å². The summed E-state index contributed by atoms with van der Waals surface area (Å²) in [5.74, 6) is 0.524. The molecule has 0 radical (unpaired) electrons. The number of hydrogen-bond donors (Lipinski definition) is 1. The van der Waals surface area contributed by atoms with Crippen LogP contribution in [0.25, 0.3) is 0 Å². The molecular weight excluding hydrogens is 354 g/mol. The first kappa shape index (κ1) is 19.8. The lowest BCUT2D eigenvalue weighted by atomic mass is 10.0. The average molecular weight is 376 g/mol. The zero-order chi connectivity index (χ0) is 19.3. The second kappa shape index (κ2) is 8.72. The first-order valence-electron chi connectivity index (χ1n) is 8.17. The van der Waals surface area contributed by atoms with Crippen LogP contribution in [0.1, 0.15) is 34.3 Å². The van der Waals surface area contributed by atoms with Gasteiger partial charge in [0, 0.05) is 24.5 Å². The number of carbonyl (C=O) groups is 2. The van der Waals surface area contributed by atoms with Crippen LogP contribution in [-0.2, 0) is 4.79 Å². The summed E-state index contributed by atoms with van der Waals surface area (Å²) in [5.41, 5.74) is 3.23. The van der Waals surface area contributed by atoms with Gasteiger partial charge in [-0.3, -0.25) is 9.59 Å². The highest BCUT2D eigenvalue weighted by molar-refractivity contribution is 6.32. The number of benzene rings is 2. The minimum absolute atomic E-state index is 0.0667. The van der Waals surface area contributed by atoms with E-state index >= 15 is 0 Å². The molecule has 0 unspecified atom stereocenters. The van der Waals surface area contributed by atoms with Gasteiger partial charge >= 0.3 is 0 Å². The van der Waals surface area contributed by atoms with Gasteiger partial charge in [-0.2, -0.15) is 0 Å². The van der Waals surface area contributed by atoms with E-state index in [0.717, 1.165) is 11.1 Å². The molecule has 2 aromatic carbocycles. The number of aryl methyl sites for hydroxylation is 2. The molecule has 5 nitrogen and oxygen atoms in total. The van der Waals surface area contributed by atoms with Crippen LogP contribution in [0.2, 0.25) is 5.02 Å². The quantitative estimate of drug-likeness (QED) is 0.719. The van der Waals surface area contributed by atoms with Gasteiger partial charge in [-0.25, -0.2) is 0 Å². The van der Waals surface area contributed by atoms with E-state index in [-0.39, 0.29) is 24.5 Å². The van der Waals surface area contributed by atoms with Crippen LogP contribution in [0.5, 0.6) is 11.5 Å². The molecule has 0 aromatic heterocycles. The highest BCUT2D eigenvalue weighted by Gasteiger charge is 2.14. The monoisotopic (exact) mass is 375 g/mol. The molecule has 0 fully saturated rings. The predicted octanol–water partition coefficient (Wildman–Crippen LogP) is 4.58. The number of Topliss-reactive ketones (excluding diaryl/α,β-unsaturated/α-hetero) is 1. The summed E-state index contributed by atoms with van der Waals surface area (Å²) in [6.45, 7) is 3.95. The molecule has 0 aliphatic heterocycles. The molecule has 0 spiro atoms. The molecule has 0 saturated heterocycles. The van der Waals surface area contributed by atoms with Crippen molar-refractivity contribution in [2.45, 2.75) is 26.7 Å². The van der Waals surface area contributed by atoms with Gasteiger partial charge in [0.2, 0.25) is 5.91 Å². The second-order valence-corrected chi connectivity index (χ2v) is 6.36. The maximum absolute atomic E-state index is 12.3. The third-order valence-electron chi connectivity index (χ3n) is 4.16. The van der Waals surface area contributed by atoms with Gasteiger partial charge < -0.3 is 14.8 Å². The smallest absolute Gasteiger partial charge is 0.224 e. The highest BCUT2D eigenvalue weighted by atomic mass is 35.5. The minimum Gasteiger partial charge on any atom is -0.495 e. The second-order valence-electron chi connectivity index (χ2n) is 5.96. The lowest BCUT2D eigenvalue weighted by molar-refractivity contribution is -0.116. The Labute approximate surface area is 158 Å². The van der Waals surface area contributed by atoms with Crippen LogP contribution >= 0.6 is 11.6 Å². The summed E-state index contributed by atoms with van der Waals surface area (Å²) in [6, 6.07) is 8.70. The standard InChI is InChI=1S/C20H22ClNO4/c1-12-5-6-14(9-13(12)2)17(23)7-8-20(24)22-16-10-15(21)18(25-3)11-19(16)26-4/h5-6,9-11H,7-8H2,1-4H3,(H,22,24).